The zero-order valence-corrected chi connectivity index (χ0v) is 11.5. The lowest BCUT2D eigenvalue weighted by Gasteiger charge is -2.31. The van der Waals surface area contributed by atoms with Crippen molar-refractivity contribution in [3.8, 4) is 0 Å². The van der Waals surface area contributed by atoms with E-state index in [1.165, 1.54) is 10.8 Å². The van der Waals surface area contributed by atoms with Crippen LogP contribution in [0.15, 0.2) is 29.2 Å². The van der Waals surface area contributed by atoms with Gasteiger partial charge in [-0.2, -0.15) is 5.10 Å². The summed E-state index contributed by atoms with van der Waals surface area (Å²) in [4.78, 5) is 24.4. The van der Waals surface area contributed by atoms with Gasteiger partial charge in [-0.15, -0.1) is 0 Å². The van der Waals surface area contributed by atoms with Gasteiger partial charge >= 0.3 is 5.97 Å². The summed E-state index contributed by atoms with van der Waals surface area (Å²) in [7, 11) is 0. The van der Waals surface area contributed by atoms with E-state index in [0.717, 1.165) is 43.6 Å². The predicted molar refractivity (Wildman–Crippen MR) is 75.9 cm³/mol. The predicted octanol–water partition coefficient (Wildman–Crippen LogP) is 1.12. The number of carbonyl (C=O) groups is 1. The fourth-order valence-electron chi connectivity index (χ4n) is 2.25. The molecule has 6 nitrogen and oxygen atoms in total. The molecule has 1 aromatic rings. The standard InChI is InChI=1S/C14H19N3O3/c1-11-4-7-16(8-5-11)12-9-13(18)17(15-10-12)6-2-3-14(19)20/h2-3,9-11H,4-8H2,1H3,(H,19,20)/b3-2+. The topological polar surface area (TPSA) is 75.4 Å². The zero-order valence-electron chi connectivity index (χ0n) is 11.5. The Kier molecular flexibility index (Phi) is 4.55. The quantitative estimate of drug-likeness (QED) is 0.835. The van der Waals surface area contributed by atoms with Crippen LogP contribution in [0.25, 0.3) is 0 Å². The van der Waals surface area contributed by atoms with Crippen molar-refractivity contribution in [2.24, 2.45) is 5.92 Å². The van der Waals surface area contributed by atoms with Crippen molar-refractivity contribution in [3.05, 3.63) is 34.8 Å². The molecule has 2 heterocycles. The Hall–Kier alpha value is -2.11. The molecule has 2 rings (SSSR count). The molecule has 1 N–H and O–H groups in total. The van der Waals surface area contributed by atoms with Crippen molar-refractivity contribution < 1.29 is 9.90 Å². The second-order valence-electron chi connectivity index (χ2n) is 5.14. The van der Waals surface area contributed by atoms with Gasteiger partial charge < -0.3 is 10.0 Å². The number of hydrogen-bond donors (Lipinski definition) is 1. The molecule has 6 heteroatoms. The third kappa shape index (κ3) is 3.69. The normalized spacial score (nSPS) is 16.8. The van der Waals surface area contributed by atoms with Crippen LogP contribution in [0.4, 0.5) is 5.69 Å². The maximum Gasteiger partial charge on any atom is 0.328 e. The number of carboxylic acid groups (broad SMARTS) is 1. The van der Waals surface area contributed by atoms with Crippen LogP contribution in [0.1, 0.15) is 19.8 Å². The highest BCUT2D eigenvalue weighted by molar-refractivity contribution is 5.79. The lowest BCUT2D eigenvalue weighted by molar-refractivity contribution is -0.131. The van der Waals surface area contributed by atoms with E-state index >= 15 is 0 Å². The molecule has 1 aromatic heterocycles. The number of aromatic nitrogens is 2. The summed E-state index contributed by atoms with van der Waals surface area (Å²) in [5.74, 6) is -0.294. The van der Waals surface area contributed by atoms with Gasteiger partial charge in [0.05, 0.1) is 18.4 Å². The molecule has 0 atom stereocenters. The summed E-state index contributed by atoms with van der Waals surface area (Å²) in [5, 5.41) is 12.6. The summed E-state index contributed by atoms with van der Waals surface area (Å²) in [5.41, 5.74) is 0.636. The maximum atomic E-state index is 11.9. The highest BCUT2D eigenvalue weighted by atomic mass is 16.4. The first-order chi connectivity index (χ1) is 9.56. The van der Waals surface area contributed by atoms with Crippen LogP contribution in [0.3, 0.4) is 0 Å². The third-order valence-electron chi connectivity index (χ3n) is 3.54. The molecule has 0 spiro atoms. The van der Waals surface area contributed by atoms with Crippen molar-refractivity contribution in [1.29, 1.82) is 0 Å². The minimum Gasteiger partial charge on any atom is -0.478 e. The Morgan fingerprint density at radius 3 is 2.80 bits per heavy atom. The van der Waals surface area contributed by atoms with Crippen molar-refractivity contribution in [3.63, 3.8) is 0 Å². The highest BCUT2D eigenvalue weighted by Gasteiger charge is 2.16. The average Bonchev–Trinajstić information content (AvgIpc) is 2.41. The number of aliphatic carboxylic acids is 1. The van der Waals surface area contributed by atoms with Crippen LogP contribution in [0.5, 0.6) is 0 Å². The van der Waals surface area contributed by atoms with Gasteiger partial charge in [0, 0.05) is 25.2 Å². The molecule has 20 heavy (non-hydrogen) atoms. The molecule has 1 saturated heterocycles. The van der Waals surface area contributed by atoms with E-state index in [1.54, 1.807) is 12.3 Å². The molecule has 1 fully saturated rings. The van der Waals surface area contributed by atoms with Gasteiger partial charge in [0.2, 0.25) is 0 Å². The molecule has 1 aliphatic rings. The van der Waals surface area contributed by atoms with Gasteiger partial charge in [0.25, 0.3) is 5.56 Å². The van der Waals surface area contributed by atoms with Crippen molar-refractivity contribution in [2.45, 2.75) is 26.3 Å². The molecule has 1 aliphatic heterocycles. The number of rotatable bonds is 4. The first kappa shape index (κ1) is 14.3. The number of anilines is 1. The largest absolute Gasteiger partial charge is 0.478 e. The maximum absolute atomic E-state index is 11.9. The molecule has 108 valence electrons. The Bertz CT molecular complexity index is 557. The molecule has 0 saturated carbocycles. The monoisotopic (exact) mass is 277 g/mol. The highest BCUT2D eigenvalue weighted by Crippen LogP contribution is 2.20. The van der Waals surface area contributed by atoms with Gasteiger partial charge in [-0.3, -0.25) is 4.79 Å². The van der Waals surface area contributed by atoms with E-state index in [0.29, 0.717) is 0 Å². The molecule has 0 aliphatic carbocycles. The number of allylic oxidation sites excluding steroid dienone is 1. The van der Waals surface area contributed by atoms with Crippen LogP contribution in [0.2, 0.25) is 0 Å². The second kappa shape index (κ2) is 6.36. The number of hydrogen-bond acceptors (Lipinski definition) is 4. The van der Waals surface area contributed by atoms with E-state index in [9.17, 15) is 9.59 Å². The smallest absolute Gasteiger partial charge is 0.328 e. The van der Waals surface area contributed by atoms with Crippen LogP contribution >= 0.6 is 0 Å². The lowest BCUT2D eigenvalue weighted by Crippen LogP contribution is -2.34. The van der Waals surface area contributed by atoms with E-state index in [4.69, 9.17) is 5.11 Å². The van der Waals surface area contributed by atoms with Crippen molar-refractivity contribution in [2.75, 3.05) is 18.0 Å². The van der Waals surface area contributed by atoms with Gasteiger partial charge in [-0.1, -0.05) is 13.0 Å². The molecule has 0 aromatic carbocycles. The van der Waals surface area contributed by atoms with E-state index in [1.807, 2.05) is 0 Å². The van der Waals surface area contributed by atoms with Gasteiger partial charge in [-0.25, -0.2) is 9.48 Å². The molecular weight excluding hydrogens is 258 g/mol. The van der Waals surface area contributed by atoms with E-state index < -0.39 is 5.97 Å². The second-order valence-corrected chi connectivity index (χ2v) is 5.14. The Morgan fingerprint density at radius 2 is 2.20 bits per heavy atom. The van der Waals surface area contributed by atoms with Gasteiger partial charge in [0.15, 0.2) is 0 Å². The first-order valence-electron chi connectivity index (χ1n) is 6.78. The Labute approximate surface area is 117 Å². The van der Waals surface area contributed by atoms with Crippen LogP contribution < -0.4 is 10.5 Å². The number of nitrogens with zero attached hydrogens (tertiary/aromatic N) is 3. The zero-order chi connectivity index (χ0) is 14.5. The number of carboxylic acids is 1. The van der Waals surface area contributed by atoms with E-state index in [2.05, 4.69) is 16.9 Å². The number of piperidine rings is 1. The molecular formula is C14H19N3O3. The average molecular weight is 277 g/mol. The summed E-state index contributed by atoms with van der Waals surface area (Å²) >= 11 is 0. The van der Waals surface area contributed by atoms with Crippen LogP contribution in [-0.2, 0) is 11.3 Å². The van der Waals surface area contributed by atoms with Gasteiger partial charge in [-0.05, 0) is 18.8 Å². The fraction of sp³-hybridized carbons (Fsp3) is 0.500. The minimum absolute atomic E-state index is 0.169. The molecule has 0 amide bonds. The minimum atomic E-state index is -1.03. The summed E-state index contributed by atoms with van der Waals surface area (Å²) in [6, 6.07) is 1.57. The van der Waals surface area contributed by atoms with Crippen LogP contribution in [-0.4, -0.2) is 33.9 Å². The SMILES string of the molecule is CC1CCN(c2cnn(C/C=C/C(=O)O)c(=O)c2)CC1. The summed E-state index contributed by atoms with van der Waals surface area (Å²) < 4.78 is 1.25. The van der Waals surface area contributed by atoms with Crippen LogP contribution in [0, 0.1) is 5.92 Å². The van der Waals surface area contributed by atoms with Gasteiger partial charge in [0.1, 0.15) is 0 Å². The Morgan fingerprint density at radius 1 is 1.50 bits per heavy atom. The fourth-order valence-corrected chi connectivity index (χ4v) is 2.25. The van der Waals surface area contributed by atoms with E-state index in [-0.39, 0.29) is 12.1 Å². The van der Waals surface area contributed by atoms with Crippen molar-refractivity contribution in [1.82, 2.24) is 9.78 Å². The third-order valence-corrected chi connectivity index (χ3v) is 3.54. The summed E-state index contributed by atoms with van der Waals surface area (Å²) in [6.07, 6.45) is 6.34. The molecule has 0 unspecified atom stereocenters. The first-order valence-corrected chi connectivity index (χ1v) is 6.78. The molecule has 0 radical (unpaired) electrons. The molecule has 0 bridgehead atoms. The lowest BCUT2D eigenvalue weighted by atomic mass is 9.99. The van der Waals surface area contributed by atoms with Crippen molar-refractivity contribution >= 4 is 11.7 Å². The Balaban J connectivity index is 2.06. The summed E-state index contributed by atoms with van der Waals surface area (Å²) in [6.45, 7) is 4.31.